The summed E-state index contributed by atoms with van der Waals surface area (Å²) in [5.41, 5.74) is 1.51. The molecule has 0 amide bonds. The lowest BCUT2D eigenvalue weighted by atomic mass is 10.0. The van der Waals surface area contributed by atoms with Crippen LogP contribution in [0, 0.1) is 0 Å². The van der Waals surface area contributed by atoms with Crippen LogP contribution in [0.25, 0.3) is 10.9 Å². The van der Waals surface area contributed by atoms with Gasteiger partial charge in [0.05, 0.1) is 12.1 Å². The Labute approximate surface area is 174 Å². The average Bonchev–Trinajstić information content (AvgIpc) is 2.93. The minimum absolute atomic E-state index is 0.414. The van der Waals surface area contributed by atoms with Crippen molar-refractivity contribution in [2.45, 2.75) is 18.6 Å². The first-order valence-electron chi connectivity index (χ1n) is 9.96. The van der Waals surface area contributed by atoms with E-state index in [-0.39, 0.29) is 0 Å². The van der Waals surface area contributed by atoms with Crippen LogP contribution in [0.4, 0.5) is 0 Å². The Morgan fingerprint density at radius 3 is 2.60 bits per heavy atom. The van der Waals surface area contributed by atoms with Gasteiger partial charge in [-0.2, -0.15) is 0 Å². The maximum absolute atomic E-state index is 11.0. The van der Waals surface area contributed by atoms with Crippen molar-refractivity contribution in [1.82, 2.24) is 4.98 Å². The molecule has 1 aromatic heterocycles. The number of ether oxygens (including phenoxy) is 3. The van der Waals surface area contributed by atoms with Crippen LogP contribution in [0.1, 0.15) is 18.1 Å². The summed E-state index contributed by atoms with van der Waals surface area (Å²) < 4.78 is 17.8. The minimum atomic E-state index is -0.837. The van der Waals surface area contributed by atoms with Gasteiger partial charge in [0.15, 0.2) is 0 Å². The van der Waals surface area contributed by atoms with Gasteiger partial charge in [-0.25, -0.2) is 4.98 Å². The van der Waals surface area contributed by atoms with Crippen LogP contribution in [0.3, 0.4) is 0 Å². The van der Waals surface area contributed by atoms with E-state index >= 15 is 0 Å². The molecule has 5 rings (SSSR count). The molecule has 0 bridgehead atoms. The quantitative estimate of drug-likeness (QED) is 0.505. The number of aliphatic hydroxyl groups excluding tert-OH is 1. The molecule has 30 heavy (non-hydrogen) atoms. The Balaban J connectivity index is 1.40. The Morgan fingerprint density at radius 1 is 0.867 bits per heavy atom. The molecule has 5 nitrogen and oxygen atoms in total. The van der Waals surface area contributed by atoms with E-state index in [1.54, 1.807) is 6.07 Å². The highest BCUT2D eigenvalue weighted by Crippen LogP contribution is 2.37. The molecule has 0 radical (unpaired) electrons. The van der Waals surface area contributed by atoms with Crippen LogP contribution in [-0.2, 0) is 0 Å². The summed E-state index contributed by atoms with van der Waals surface area (Å²) in [6.45, 7) is 0.466. The van der Waals surface area contributed by atoms with Gasteiger partial charge in [-0.15, -0.1) is 0 Å². The minimum Gasteiger partial charge on any atom is -0.493 e. The first-order chi connectivity index (χ1) is 14.8. The largest absolute Gasteiger partial charge is 0.493 e. The molecule has 1 aliphatic rings. The number of fused-ring (bicyclic) bond motifs is 2. The van der Waals surface area contributed by atoms with Gasteiger partial charge in [0.2, 0.25) is 5.88 Å². The second-order valence-corrected chi connectivity index (χ2v) is 7.20. The van der Waals surface area contributed by atoms with Crippen LogP contribution < -0.4 is 14.2 Å². The Hall–Kier alpha value is -3.57. The predicted molar refractivity (Wildman–Crippen MR) is 114 cm³/mol. The zero-order valence-corrected chi connectivity index (χ0v) is 16.3. The molecule has 0 saturated carbocycles. The number of para-hydroxylation sites is 2. The Kier molecular flexibility index (Phi) is 4.95. The number of pyridine rings is 1. The molecule has 150 valence electrons. The van der Waals surface area contributed by atoms with Crippen LogP contribution in [0.15, 0.2) is 84.9 Å². The van der Waals surface area contributed by atoms with E-state index in [1.165, 1.54) is 0 Å². The monoisotopic (exact) mass is 399 g/mol. The molecule has 4 aromatic rings. The van der Waals surface area contributed by atoms with Crippen molar-refractivity contribution >= 4 is 10.9 Å². The highest BCUT2D eigenvalue weighted by atomic mass is 16.5. The van der Waals surface area contributed by atoms with E-state index in [2.05, 4.69) is 4.98 Å². The number of nitrogens with zero attached hydrogens (tertiary/aromatic N) is 1. The summed E-state index contributed by atoms with van der Waals surface area (Å²) in [6, 6.07) is 26.6. The number of rotatable bonds is 4. The average molecular weight is 399 g/mol. The third kappa shape index (κ3) is 3.80. The highest BCUT2D eigenvalue weighted by Gasteiger charge is 2.29. The van der Waals surface area contributed by atoms with Gasteiger partial charge in [0.1, 0.15) is 29.5 Å². The van der Waals surface area contributed by atoms with Crippen LogP contribution in [0.2, 0.25) is 0 Å². The first-order valence-corrected chi connectivity index (χ1v) is 9.96. The second-order valence-electron chi connectivity index (χ2n) is 7.20. The van der Waals surface area contributed by atoms with Crippen molar-refractivity contribution in [2.75, 3.05) is 6.61 Å². The lowest BCUT2D eigenvalue weighted by Gasteiger charge is -2.22. The fourth-order valence-electron chi connectivity index (χ4n) is 3.62. The predicted octanol–water partition coefficient (Wildman–Crippen LogP) is 5.29. The van der Waals surface area contributed by atoms with E-state index in [4.69, 9.17) is 14.2 Å². The van der Waals surface area contributed by atoms with Crippen molar-refractivity contribution < 1.29 is 19.3 Å². The molecule has 0 aliphatic carbocycles. The van der Waals surface area contributed by atoms with E-state index in [1.807, 2.05) is 78.9 Å². The van der Waals surface area contributed by atoms with Gasteiger partial charge in [0.25, 0.3) is 0 Å². The molecular weight excluding hydrogens is 378 g/mol. The van der Waals surface area contributed by atoms with Gasteiger partial charge >= 0.3 is 0 Å². The van der Waals surface area contributed by atoms with Gasteiger partial charge in [-0.3, -0.25) is 0 Å². The fraction of sp³-hybridized carbons (Fsp3) is 0.160. The lowest BCUT2D eigenvalue weighted by molar-refractivity contribution is 0.0312. The molecule has 0 saturated heterocycles. The zero-order chi connectivity index (χ0) is 20.3. The molecule has 3 aromatic carbocycles. The van der Waals surface area contributed by atoms with Crippen LogP contribution >= 0.6 is 0 Å². The van der Waals surface area contributed by atoms with E-state index in [0.29, 0.717) is 36.0 Å². The zero-order valence-electron chi connectivity index (χ0n) is 16.3. The molecule has 2 heterocycles. The topological polar surface area (TPSA) is 60.8 Å². The van der Waals surface area contributed by atoms with Gasteiger partial charge in [0, 0.05) is 23.4 Å². The maximum atomic E-state index is 11.0. The highest BCUT2D eigenvalue weighted by molar-refractivity contribution is 5.78. The lowest BCUT2D eigenvalue weighted by Crippen LogP contribution is -2.25. The normalized spacial score (nSPS) is 18.2. The third-order valence-electron chi connectivity index (χ3n) is 5.14. The second kappa shape index (κ2) is 8.05. The molecule has 1 aliphatic heterocycles. The van der Waals surface area contributed by atoms with Crippen molar-refractivity contribution in [2.24, 2.45) is 0 Å². The van der Waals surface area contributed by atoms with Crippen molar-refractivity contribution in [3.05, 3.63) is 90.5 Å². The van der Waals surface area contributed by atoms with Crippen molar-refractivity contribution in [1.29, 1.82) is 0 Å². The van der Waals surface area contributed by atoms with Gasteiger partial charge < -0.3 is 19.3 Å². The summed E-state index contributed by atoms with van der Waals surface area (Å²) in [5, 5.41) is 12.1. The number of aromatic nitrogens is 1. The number of aliphatic hydroxyl groups is 1. The van der Waals surface area contributed by atoms with E-state index in [9.17, 15) is 5.11 Å². The molecule has 2 atom stereocenters. The Morgan fingerprint density at radius 2 is 1.70 bits per heavy atom. The number of hydrogen-bond acceptors (Lipinski definition) is 5. The van der Waals surface area contributed by atoms with Gasteiger partial charge in [-0.1, -0.05) is 36.4 Å². The molecule has 0 spiro atoms. The number of benzene rings is 3. The first kappa shape index (κ1) is 18.5. The summed E-state index contributed by atoms with van der Waals surface area (Å²) in [5.74, 6) is 2.44. The standard InChI is InChI=1S/C25H21NO4/c27-25-20-16-19(30-24-13-10-17-6-4-5-9-21(17)26-24)11-12-22(20)28-15-14-23(25)29-18-7-2-1-3-8-18/h1-13,16,23,25,27H,14-15H2. The summed E-state index contributed by atoms with van der Waals surface area (Å²) in [7, 11) is 0. The fourth-order valence-corrected chi connectivity index (χ4v) is 3.62. The van der Waals surface area contributed by atoms with Crippen molar-refractivity contribution in [3.8, 4) is 23.1 Å². The molecule has 2 unspecified atom stereocenters. The maximum Gasteiger partial charge on any atom is 0.219 e. The van der Waals surface area contributed by atoms with E-state index in [0.717, 1.165) is 16.7 Å². The van der Waals surface area contributed by atoms with Crippen LogP contribution in [0.5, 0.6) is 23.1 Å². The Bertz CT molecular complexity index is 1160. The van der Waals surface area contributed by atoms with Gasteiger partial charge in [-0.05, 0) is 42.5 Å². The number of hydrogen-bond donors (Lipinski definition) is 1. The van der Waals surface area contributed by atoms with E-state index < -0.39 is 12.2 Å². The summed E-state index contributed by atoms with van der Waals surface area (Å²) in [4.78, 5) is 4.55. The SMILES string of the molecule is OC1c2cc(Oc3ccc4ccccc4n3)ccc2OCCC1Oc1ccccc1. The van der Waals surface area contributed by atoms with Crippen LogP contribution in [-0.4, -0.2) is 22.8 Å². The summed E-state index contributed by atoms with van der Waals surface area (Å²) in [6.07, 6.45) is -0.675. The molecule has 0 fully saturated rings. The molecule has 5 heteroatoms. The summed E-state index contributed by atoms with van der Waals surface area (Å²) >= 11 is 0. The smallest absolute Gasteiger partial charge is 0.219 e. The molecule has 1 N–H and O–H groups in total. The van der Waals surface area contributed by atoms with Crippen molar-refractivity contribution in [3.63, 3.8) is 0 Å². The third-order valence-corrected chi connectivity index (χ3v) is 5.14. The molecular formula is C25H21NO4.